The molecule has 6 nitrogen and oxygen atoms in total. The number of para-hydroxylation sites is 1. The van der Waals surface area contributed by atoms with Crippen molar-refractivity contribution in [3.63, 3.8) is 0 Å². The number of rotatable bonds is 4. The van der Waals surface area contributed by atoms with Crippen molar-refractivity contribution >= 4 is 23.4 Å². The van der Waals surface area contributed by atoms with E-state index in [1.165, 1.54) is 18.2 Å². The maximum Gasteiger partial charge on any atom is 0.405 e. The summed E-state index contributed by atoms with van der Waals surface area (Å²) in [4.78, 5) is 23.5. The van der Waals surface area contributed by atoms with Gasteiger partial charge in [0, 0.05) is 0 Å². The summed E-state index contributed by atoms with van der Waals surface area (Å²) in [5.41, 5.74) is 5.59. The molecular formula is C16H22FN3O3. The van der Waals surface area contributed by atoms with Gasteiger partial charge in [0.2, 0.25) is 5.91 Å². The van der Waals surface area contributed by atoms with E-state index in [1.807, 2.05) is 0 Å². The lowest BCUT2D eigenvalue weighted by Gasteiger charge is -2.31. The number of halogens is 1. The third-order valence-electron chi connectivity index (χ3n) is 4.40. The van der Waals surface area contributed by atoms with Gasteiger partial charge in [0.15, 0.2) is 0 Å². The van der Waals surface area contributed by atoms with Gasteiger partial charge in [0.25, 0.3) is 0 Å². The summed E-state index contributed by atoms with van der Waals surface area (Å²) < 4.78 is 13.5. The van der Waals surface area contributed by atoms with E-state index in [-0.39, 0.29) is 17.3 Å². The van der Waals surface area contributed by atoms with Crippen LogP contribution in [0.25, 0.3) is 0 Å². The smallest absolute Gasteiger partial charge is 0.405 e. The molecule has 1 fully saturated rings. The Bertz CT molecular complexity index is 586. The van der Waals surface area contributed by atoms with E-state index < -0.39 is 23.9 Å². The lowest BCUT2D eigenvalue weighted by atomic mass is 9.79. The number of hydrogen-bond acceptors (Lipinski definition) is 3. The molecule has 126 valence electrons. The van der Waals surface area contributed by atoms with Gasteiger partial charge in [-0.1, -0.05) is 25.8 Å². The zero-order valence-corrected chi connectivity index (χ0v) is 13.0. The SMILES string of the molecule is CC1CCC(C(NC(=O)O)C(=O)Nc2cccc(F)c2N)CC1. The zero-order valence-electron chi connectivity index (χ0n) is 13.0. The first-order valence-electron chi connectivity index (χ1n) is 7.72. The summed E-state index contributed by atoms with van der Waals surface area (Å²) in [7, 11) is 0. The summed E-state index contributed by atoms with van der Waals surface area (Å²) >= 11 is 0. The number of carbonyl (C=O) groups excluding carboxylic acids is 1. The number of carboxylic acid groups (broad SMARTS) is 1. The minimum atomic E-state index is -1.25. The highest BCUT2D eigenvalue weighted by atomic mass is 19.1. The Morgan fingerprint density at radius 2 is 1.96 bits per heavy atom. The van der Waals surface area contributed by atoms with Gasteiger partial charge in [0.05, 0.1) is 11.4 Å². The molecule has 1 aromatic carbocycles. The maximum atomic E-state index is 13.5. The first-order chi connectivity index (χ1) is 10.9. The fourth-order valence-corrected chi connectivity index (χ4v) is 3.01. The van der Waals surface area contributed by atoms with Crippen LogP contribution in [0.15, 0.2) is 18.2 Å². The van der Waals surface area contributed by atoms with Crippen molar-refractivity contribution in [3.8, 4) is 0 Å². The standard InChI is InChI=1S/C16H22FN3O3/c1-9-5-7-10(8-6-9)14(20-16(22)23)15(21)19-12-4-2-3-11(17)13(12)18/h2-4,9-10,14,20H,5-8,18H2,1H3,(H,19,21)(H,22,23). The third kappa shape index (κ3) is 4.34. The molecule has 0 bridgehead atoms. The van der Waals surface area contributed by atoms with Crippen LogP contribution in [0, 0.1) is 17.7 Å². The monoisotopic (exact) mass is 323 g/mol. The molecule has 23 heavy (non-hydrogen) atoms. The van der Waals surface area contributed by atoms with E-state index in [4.69, 9.17) is 10.8 Å². The maximum absolute atomic E-state index is 13.5. The molecule has 2 amide bonds. The van der Waals surface area contributed by atoms with Crippen LogP contribution < -0.4 is 16.4 Å². The van der Waals surface area contributed by atoms with Gasteiger partial charge in [-0.25, -0.2) is 9.18 Å². The van der Waals surface area contributed by atoms with Crippen LogP contribution in [0.4, 0.5) is 20.6 Å². The summed E-state index contributed by atoms with van der Waals surface area (Å²) in [6.07, 6.45) is 2.21. The highest BCUT2D eigenvalue weighted by Gasteiger charge is 2.32. The van der Waals surface area contributed by atoms with Crippen LogP contribution in [0.1, 0.15) is 32.6 Å². The molecule has 1 atom stereocenters. The number of anilines is 2. The van der Waals surface area contributed by atoms with E-state index in [0.717, 1.165) is 25.7 Å². The minimum Gasteiger partial charge on any atom is -0.465 e. The van der Waals surface area contributed by atoms with Crippen molar-refractivity contribution < 1.29 is 19.1 Å². The Kier molecular flexibility index (Phi) is 5.41. The van der Waals surface area contributed by atoms with Gasteiger partial charge < -0.3 is 21.5 Å². The number of benzene rings is 1. The highest BCUT2D eigenvalue weighted by molar-refractivity contribution is 5.98. The van der Waals surface area contributed by atoms with Gasteiger partial charge in [-0.05, 0) is 36.8 Å². The zero-order chi connectivity index (χ0) is 17.0. The lowest BCUT2D eigenvalue weighted by molar-refractivity contribution is -0.119. The molecule has 0 aliphatic heterocycles. The van der Waals surface area contributed by atoms with E-state index in [1.54, 1.807) is 0 Å². The molecule has 1 aliphatic rings. The number of nitrogens with one attached hydrogen (secondary N) is 2. The van der Waals surface area contributed by atoms with Crippen LogP contribution in [-0.4, -0.2) is 23.1 Å². The first-order valence-corrected chi connectivity index (χ1v) is 7.72. The molecule has 5 N–H and O–H groups in total. The number of nitrogens with two attached hydrogens (primary N) is 1. The second kappa shape index (κ2) is 7.30. The average Bonchev–Trinajstić information content (AvgIpc) is 2.50. The average molecular weight is 323 g/mol. The summed E-state index contributed by atoms with van der Waals surface area (Å²) in [5, 5.41) is 13.8. The van der Waals surface area contributed by atoms with Gasteiger partial charge in [-0.3, -0.25) is 4.79 Å². The summed E-state index contributed by atoms with van der Waals surface area (Å²) in [5.74, 6) is -0.628. The Hall–Kier alpha value is -2.31. The number of nitrogen functional groups attached to an aromatic ring is 1. The van der Waals surface area contributed by atoms with Crippen LogP contribution >= 0.6 is 0 Å². The van der Waals surface area contributed by atoms with Gasteiger partial charge in [-0.2, -0.15) is 0 Å². The van der Waals surface area contributed by atoms with Crippen LogP contribution in [0.3, 0.4) is 0 Å². The van der Waals surface area contributed by atoms with Gasteiger partial charge >= 0.3 is 6.09 Å². The molecule has 1 saturated carbocycles. The van der Waals surface area contributed by atoms with Crippen molar-refractivity contribution in [2.75, 3.05) is 11.1 Å². The molecule has 0 spiro atoms. The molecular weight excluding hydrogens is 301 g/mol. The Morgan fingerprint density at radius 1 is 1.30 bits per heavy atom. The van der Waals surface area contributed by atoms with E-state index in [0.29, 0.717) is 5.92 Å². The number of carbonyl (C=O) groups is 2. The third-order valence-corrected chi connectivity index (χ3v) is 4.40. The van der Waals surface area contributed by atoms with Crippen LogP contribution in [0.5, 0.6) is 0 Å². The summed E-state index contributed by atoms with van der Waals surface area (Å²) in [6, 6.07) is 3.24. The Labute approximate surface area is 134 Å². The second-order valence-electron chi connectivity index (χ2n) is 6.14. The van der Waals surface area contributed by atoms with Crippen molar-refractivity contribution in [3.05, 3.63) is 24.0 Å². The molecule has 1 aliphatic carbocycles. The quantitative estimate of drug-likeness (QED) is 0.639. The fraction of sp³-hybridized carbons (Fsp3) is 0.500. The molecule has 0 heterocycles. The lowest BCUT2D eigenvalue weighted by Crippen LogP contribution is -2.49. The predicted molar refractivity (Wildman–Crippen MR) is 85.5 cm³/mol. The molecule has 1 aromatic rings. The summed E-state index contributed by atoms with van der Waals surface area (Å²) in [6.45, 7) is 2.14. The Balaban J connectivity index is 2.13. The van der Waals surface area contributed by atoms with E-state index in [2.05, 4.69) is 17.6 Å². The molecule has 1 unspecified atom stereocenters. The topological polar surface area (TPSA) is 104 Å². The molecule has 0 aromatic heterocycles. The largest absolute Gasteiger partial charge is 0.465 e. The number of amides is 2. The van der Waals surface area contributed by atoms with Crippen molar-refractivity contribution in [2.24, 2.45) is 11.8 Å². The Morgan fingerprint density at radius 3 is 2.57 bits per heavy atom. The molecule has 0 saturated heterocycles. The fourth-order valence-electron chi connectivity index (χ4n) is 3.01. The van der Waals surface area contributed by atoms with E-state index in [9.17, 15) is 14.0 Å². The van der Waals surface area contributed by atoms with Gasteiger partial charge in [0.1, 0.15) is 11.9 Å². The van der Waals surface area contributed by atoms with Gasteiger partial charge in [-0.15, -0.1) is 0 Å². The number of hydrogen-bond donors (Lipinski definition) is 4. The first kappa shape index (κ1) is 17.1. The molecule has 7 heteroatoms. The predicted octanol–water partition coefficient (Wildman–Crippen LogP) is 2.81. The van der Waals surface area contributed by atoms with Crippen LogP contribution in [0.2, 0.25) is 0 Å². The van der Waals surface area contributed by atoms with Crippen molar-refractivity contribution in [1.82, 2.24) is 5.32 Å². The van der Waals surface area contributed by atoms with Crippen molar-refractivity contribution in [1.29, 1.82) is 0 Å². The second-order valence-corrected chi connectivity index (χ2v) is 6.14. The van der Waals surface area contributed by atoms with Crippen molar-refractivity contribution in [2.45, 2.75) is 38.6 Å². The van der Waals surface area contributed by atoms with Crippen LogP contribution in [-0.2, 0) is 4.79 Å². The molecule has 2 rings (SSSR count). The molecule has 0 radical (unpaired) electrons. The van der Waals surface area contributed by atoms with E-state index >= 15 is 0 Å². The normalized spacial score (nSPS) is 22.2. The highest BCUT2D eigenvalue weighted by Crippen LogP contribution is 2.31. The minimum absolute atomic E-state index is 0.0721.